The van der Waals surface area contributed by atoms with E-state index in [4.69, 9.17) is 4.74 Å². The van der Waals surface area contributed by atoms with Gasteiger partial charge in [0.1, 0.15) is 5.75 Å². The summed E-state index contributed by atoms with van der Waals surface area (Å²) in [6.45, 7) is 4.29. The van der Waals surface area contributed by atoms with Crippen molar-refractivity contribution in [1.29, 1.82) is 0 Å². The highest BCUT2D eigenvalue weighted by molar-refractivity contribution is 5.39. The van der Waals surface area contributed by atoms with Crippen LogP contribution in [0.15, 0.2) is 30.3 Å². The number of nitrogens with one attached hydrogen (secondary N) is 1. The van der Waals surface area contributed by atoms with Crippen molar-refractivity contribution < 1.29 is 13.5 Å². The third-order valence-electron chi connectivity index (χ3n) is 3.14. The minimum Gasteiger partial charge on any atom is -0.451 e. The van der Waals surface area contributed by atoms with Crippen molar-refractivity contribution in [3.8, 4) is 11.5 Å². The van der Waals surface area contributed by atoms with Crippen LogP contribution >= 0.6 is 0 Å². The van der Waals surface area contributed by atoms with Crippen LogP contribution in [-0.2, 0) is 6.54 Å². The summed E-state index contributed by atoms with van der Waals surface area (Å²) in [6.07, 6.45) is 0. The normalized spacial score (nSPS) is 10.7. The van der Waals surface area contributed by atoms with Crippen molar-refractivity contribution in [2.45, 2.75) is 20.4 Å². The van der Waals surface area contributed by atoms with Crippen molar-refractivity contribution in [1.82, 2.24) is 5.32 Å². The summed E-state index contributed by atoms with van der Waals surface area (Å²) < 4.78 is 33.2. The van der Waals surface area contributed by atoms with Crippen LogP contribution in [0.4, 0.5) is 8.78 Å². The van der Waals surface area contributed by atoms with E-state index in [-0.39, 0.29) is 5.75 Å². The van der Waals surface area contributed by atoms with Crippen LogP contribution in [0.2, 0.25) is 0 Å². The first-order valence-corrected chi connectivity index (χ1v) is 6.39. The topological polar surface area (TPSA) is 21.3 Å². The van der Waals surface area contributed by atoms with Gasteiger partial charge in [-0.1, -0.05) is 6.07 Å². The number of ether oxygens (including phenoxy) is 1. The largest absolute Gasteiger partial charge is 0.451 e. The summed E-state index contributed by atoms with van der Waals surface area (Å²) in [5.41, 5.74) is 2.65. The van der Waals surface area contributed by atoms with Crippen LogP contribution in [-0.4, -0.2) is 7.05 Å². The summed E-state index contributed by atoms with van der Waals surface area (Å²) in [6, 6.07) is 7.86. The zero-order valence-electron chi connectivity index (χ0n) is 11.8. The van der Waals surface area contributed by atoms with Gasteiger partial charge in [0.2, 0.25) is 0 Å². The summed E-state index contributed by atoms with van der Waals surface area (Å²) in [7, 11) is 1.72. The lowest BCUT2D eigenvalue weighted by Crippen LogP contribution is -2.06. The van der Waals surface area contributed by atoms with Gasteiger partial charge in [0.05, 0.1) is 0 Å². The van der Waals surface area contributed by atoms with Crippen LogP contribution in [0.25, 0.3) is 0 Å². The second kappa shape index (κ2) is 6.01. The first kappa shape index (κ1) is 14.5. The van der Waals surface area contributed by atoms with Gasteiger partial charge in [0.25, 0.3) is 0 Å². The molecule has 0 unspecified atom stereocenters. The molecule has 106 valence electrons. The molecule has 0 aliphatic carbocycles. The highest BCUT2D eigenvalue weighted by Crippen LogP contribution is 2.29. The third kappa shape index (κ3) is 3.14. The zero-order chi connectivity index (χ0) is 14.7. The molecule has 4 heteroatoms. The highest BCUT2D eigenvalue weighted by Gasteiger charge is 2.13. The van der Waals surface area contributed by atoms with Gasteiger partial charge >= 0.3 is 0 Å². The molecule has 20 heavy (non-hydrogen) atoms. The maximum absolute atomic E-state index is 13.9. The quantitative estimate of drug-likeness (QED) is 0.908. The summed E-state index contributed by atoms with van der Waals surface area (Å²) in [4.78, 5) is 0. The number of hydrogen-bond acceptors (Lipinski definition) is 2. The maximum Gasteiger partial charge on any atom is 0.198 e. The smallest absolute Gasteiger partial charge is 0.198 e. The van der Waals surface area contributed by atoms with Crippen LogP contribution < -0.4 is 10.1 Å². The average Bonchev–Trinajstić information content (AvgIpc) is 2.38. The predicted octanol–water partition coefficient (Wildman–Crippen LogP) is 4.09. The van der Waals surface area contributed by atoms with Crippen molar-refractivity contribution in [3.63, 3.8) is 0 Å². The highest BCUT2D eigenvalue weighted by atomic mass is 19.1. The number of rotatable bonds is 4. The lowest BCUT2D eigenvalue weighted by Gasteiger charge is -2.11. The van der Waals surface area contributed by atoms with Gasteiger partial charge in [-0.15, -0.1) is 0 Å². The molecule has 0 aromatic heterocycles. The van der Waals surface area contributed by atoms with Gasteiger partial charge in [-0.3, -0.25) is 0 Å². The van der Waals surface area contributed by atoms with Crippen LogP contribution in [0, 0.1) is 25.5 Å². The van der Waals surface area contributed by atoms with Gasteiger partial charge in [0, 0.05) is 6.54 Å². The number of benzene rings is 2. The molecule has 2 nitrogen and oxygen atoms in total. The molecular formula is C16H17F2NO. The fourth-order valence-corrected chi connectivity index (χ4v) is 1.91. The molecule has 0 amide bonds. The molecule has 2 aromatic rings. The van der Waals surface area contributed by atoms with Gasteiger partial charge in [-0.05, 0) is 61.9 Å². The standard InChI is InChI=1S/C16H17F2NO/c1-10-4-5-13(6-11(10)2)20-16-14(17)7-12(9-19-3)8-15(16)18/h4-8,19H,9H2,1-3H3. The molecule has 0 saturated carbocycles. The first-order chi connectivity index (χ1) is 9.51. The zero-order valence-corrected chi connectivity index (χ0v) is 11.8. The first-order valence-electron chi connectivity index (χ1n) is 6.39. The second-order valence-corrected chi connectivity index (χ2v) is 4.77. The molecule has 0 radical (unpaired) electrons. The molecule has 0 fully saturated rings. The second-order valence-electron chi connectivity index (χ2n) is 4.77. The van der Waals surface area contributed by atoms with Crippen LogP contribution in [0.5, 0.6) is 11.5 Å². The van der Waals surface area contributed by atoms with E-state index in [1.807, 2.05) is 19.9 Å². The van der Waals surface area contributed by atoms with Gasteiger partial charge < -0.3 is 10.1 Å². The maximum atomic E-state index is 13.9. The van der Waals surface area contributed by atoms with Gasteiger partial charge in [-0.25, -0.2) is 8.78 Å². The monoisotopic (exact) mass is 277 g/mol. The van der Waals surface area contributed by atoms with Crippen molar-refractivity contribution in [2.24, 2.45) is 0 Å². The van der Waals surface area contributed by atoms with Gasteiger partial charge in [0.15, 0.2) is 17.4 Å². The number of hydrogen-bond donors (Lipinski definition) is 1. The molecule has 2 aromatic carbocycles. The Morgan fingerprint density at radius 2 is 1.65 bits per heavy atom. The Labute approximate surface area is 117 Å². The minimum absolute atomic E-state index is 0.367. The summed E-state index contributed by atoms with van der Waals surface area (Å²) in [5, 5.41) is 2.85. The van der Waals surface area contributed by atoms with Crippen molar-refractivity contribution in [2.75, 3.05) is 7.05 Å². The lowest BCUT2D eigenvalue weighted by atomic mass is 10.1. The summed E-state index contributed by atoms with van der Waals surface area (Å²) >= 11 is 0. The Morgan fingerprint density at radius 3 is 2.20 bits per heavy atom. The fourth-order valence-electron chi connectivity index (χ4n) is 1.91. The molecule has 0 atom stereocenters. The third-order valence-corrected chi connectivity index (χ3v) is 3.14. The van der Waals surface area contributed by atoms with E-state index in [0.29, 0.717) is 17.9 Å². The molecule has 0 saturated heterocycles. The van der Waals surface area contributed by atoms with Gasteiger partial charge in [-0.2, -0.15) is 0 Å². The Morgan fingerprint density at radius 1 is 1.00 bits per heavy atom. The molecule has 0 spiro atoms. The molecule has 0 aliphatic heterocycles. The molecule has 1 N–H and O–H groups in total. The van der Waals surface area contributed by atoms with E-state index in [1.165, 1.54) is 12.1 Å². The molecule has 0 heterocycles. The fraction of sp³-hybridized carbons (Fsp3) is 0.250. The minimum atomic E-state index is -0.700. The molecule has 2 rings (SSSR count). The van der Waals surface area contributed by atoms with E-state index >= 15 is 0 Å². The Kier molecular flexibility index (Phi) is 4.35. The van der Waals surface area contributed by atoms with E-state index in [0.717, 1.165) is 11.1 Å². The molecule has 0 aliphatic rings. The molecular weight excluding hydrogens is 260 g/mol. The SMILES string of the molecule is CNCc1cc(F)c(Oc2ccc(C)c(C)c2)c(F)c1. The Balaban J connectivity index is 2.31. The van der Waals surface area contributed by atoms with Crippen LogP contribution in [0.3, 0.4) is 0 Å². The van der Waals surface area contributed by atoms with Crippen molar-refractivity contribution >= 4 is 0 Å². The predicted molar refractivity (Wildman–Crippen MR) is 75.1 cm³/mol. The Hall–Kier alpha value is -1.94. The summed E-state index contributed by atoms with van der Waals surface area (Å²) in [5.74, 6) is -1.35. The number of halogens is 2. The Bertz CT molecular complexity index is 603. The average molecular weight is 277 g/mol. The lowest BCUT2D eigenvalue weighted by molar-refractivity contribution is 0.406. The van der Waals surface area contributed by atoms with E-state index < -0.39 is 11.6 Å². The van der Waals surface area contributed by atoms with Crippen LogP contribution in [0.1, 0.15) is 16.7 Å². The van der Waals surface area contributed by atoms with Crippen molar-refractivity contribution in [3.05, 3.63) is 58.7 Å². The van der Waals surface area contributed by atoms with E-state index in [2.05, 4.69) is 5.32 Å². The number of aryl methyl sites for hydroxylation is 2. The van der Waals surface area contributed by atoms with E-state index in [9.17, 15) is 8.78 Å². The molecule has 0 bridgehead atoms. The van der Waals surface area contributed by atoms with E-state index in [1.54, 1.807) is 19.2 Å².